The minimum absolute atomic E-state index is 0.138. The first-order valence-corrected chi connectivity index (χ1v) is 12.8. The number of anilines is 2. The van der Waals surface area contributed by atoms with Gasteiger partial charge in [0.15, 0.2) is 0 Å². The van der Waals surface area contributed by atoms with Crippen molar-refractivity contribution in [3.63, 3.8) is 0 Å². The Morgan fingerprint density at radius 2 is 1.76 bits per heavy atom. The van der Waals surface area contributed by atoms with E-state index in [0.29, 0.717) is 19.6 Å². The molecule has 0 unspecified atom stereocenters. The fourth-order valence-electron chi connectivity index (χ4n) is 4.99. The van der Waals surface area contributed by atoms with Crippen LogP contribution in [0.5, 0.6) is 0 Å². The normalized spacial score (nSPS) is 17.3. The summed E-state index contributed by atoms with van der Waals surface area (Å²) >= 11 is 0. The van der Waals surface area contributed by atoms with Crippen LogP contribution >= 0.6 is 0 Å². The van der Waals surface area contributed by atoms with E-state index >= 15 is 0 Å². The van der Waals surface area contributed by atoms with Gasteiger partial charge in [-0.3, -0.25) is 4.31 Å². The summed E-state index contributed by atoms with van der Waals surface area (Å²) in [6.45, 7) is 1.58. The molecule has 1 fully saturated rings. The van der Waals surface area contributed by atoms with Crippen molar-refractivity contribution in [3.8, 4) is 11.4 Å². The van der Waals surface area contributed by atoms with Crippen LogP contribution in [-0.4, -0.2) is 54.8 Å². The maximum absolute atomic E-state index is 12.9. The predicted octanol–water partition coefficient (Wildman–Crippen LogP) is 3.43. The molecule has 1 aromatic heterocycles. The Hall–Kier alpha value is -3.33. The first-order chi connectivity index (χ1) is 15.8. The number of likely N-dealkylation sites (tertiary alicyclic amines) is 1. The summed E-state index contributed by atoms with van der Waals surface area (Å²) in [6, 6.07) is 15.2. The number of aromatic nitrogens is 2. The number of rotatable bonds is 3. The summed E-state index contributed by atoms with van der Waals surface area (Å²) in [5.74, 6) is 0.870. The van der Waals surface area contributed by atoms with Crippen LogP contribution in [0, 0.1) is 0 Å². The fraction of sp³-hybridized carbons (Fsp3) is 0.333. The maximum atomic E-state index is 12.9. The van der Waals surface area contributed by atoms with Crippen LogP contribution in [-0.2, 0) is 22.5 Å². The average molecular weight is 466 g/mol. The summed E-state index contributed by atoms with van der Waals surface area (Å²) in [6.07, 6.45) is 6.35. The number of amides is 2. The third kappa shape index (κ3) is 3.86. The second-order valence-electron chi connectivity index (χ2n) is 8.92. The Labute approximate surface area is 193 Å². The number of carbonyl (C=O) groups excluding carboxylic acids is 1. The van der Waals surface area contributed by atoms with Gasteiger partial charge in [-0.1, -0.05) is 18.2 Å². The molecule has 3 heterocycles. The molecule has 0 radical (unpaired) electrons. The highest BCUT2D eigenvalue weighted by molar-refractivity contribution is 7.92. The number of piperidine rings is 1. The highest BCUT2D eigenvalue weighted by atomic mass is 32.2. The van der Waals surface area contributed by atoms with Gasteiger partial charge in [-0.15, -0.1) is 0 Å². The first-order valence-electron chi connectivity index (χ1n) is 11.0. The number of nitrogens with one attached hydrogen (secondary N) is 1. The third-order valence-electron chi connectivity index (χ3n) is 6.81. The van der Waals surface area contributed by atoms with Crippen molar-refractivity contribution in [3.05, 3.63) is 66.5 Å². The van der Waals surface area contributed by atoms with Crippen molar-refractivity contribution in [2.24, 2.45) is 7.05 Å². The molecule has 0 aliphatic carbocycles. The lowest BCUT2D eigenvalue weighted by Crippen LogP contribution is -2.48. The van der Waals surface area contributed by atoms with Gasteiger partial charge in [0.1, 0.15) is 5.82 Å². The Morgan fingerprint density at radius 3 is 2.39 bits per heavy atom. The lowest BCUT2D eigenvalue weighted by molar-refractivity contribution is 0.173. The van der Waals surface area contributed by atoms with Gasteiger partial charge in [-0.25, -0.2) is 18.2 Å². The van der Waals surface area contributed by atoms with Gasteiger partial charge in [-0.05, 0) is 48.7 Å². The molecule has 2 aromatic carbocycles. The van der Waals surface area contributed by atoms with E-state index in [4.69, 9.17) is 0 Å². The van der Waals surface area contributed by atoms with Crippen LogP contribution in [0.3, 0.4) is 0 Å². The monoisotopic (exact) mass is 465 g/mol. The number of hydrogen-bond acceptors (Lipinski definition) is 4. The molecule has 9 heteroatoms. The van der Waals surface area contributed by atoms with Crippen molar-refractivity contribution in [1.82, 2.24) is 14.5 Å². The Bertz CT molecular complexity index is 1290. The minimum atomic E-state index is -3.35. The van der Waals surface area contributed by atoms with Crippen molar-refractivity contribution in [1.29, 1.82) is 0 Å². The Morgan fingerprint density at radius 1 is 1.06 bits per heavy atom. The molecular weight excluding hydrogens is 438 g/mol. The van der Waals surface area contributed by atoms with E-state index < -0.39 is 10.0 Å². The minimum Gasteiger partial charge on any atom is -0.334 e. The molecule has 0 atom stereocenters. The zero-order valence-corrected chi connectivity index (χ0v) is 19.5. The first kappa shape index (κ1) is 21.5. The summed E-state index contributed by atoms with van der Waals surface area (Å²) in [5, 5.41) is 2.98. The molecule has 0 saturated carbocycles. The van der Waals surface area contributed by atoms with Gasteiger partial charge < -0.3 is 14.8 Å². The van der Waals surface area contributed by atoms with Crippen LogP contribution < -0.4 is 9.62 Å². The number of nitrogens with zero attached hydrogens (tertiary/aromatic N) is 4. The Kier molecular flexibility index (Phi) is 5.16. The zero-order chi connectivity index (χ0) is 23.2. The summed E-state index contributed by atoms with van der Waals surface area (Å²) in [4.78, 5) is 19.1. The molecule has 3 aromatic rings. The molecule has 172 valence electrons. The summed E-state index contributed by atoms with van der Waals surface area (Å²) < 4.78 is 28.2. The summed E-state index contributed by atoms with van der Waals surface area (Å²) in [5.41, 5.74) is 3.30. The van der Waals surface area contributed by atoms with E-state index in [0.717, 1.165) is 41.2 Å². The molecule has 8 nitrogen and oxygen atoms in total. The quantitative estimate of drug-likeness (QED) is 0.642. The number of para-hydroxylation sites is 1. The number of benzene rings is 2. The molecular formula is C24H27N5O3S. The number of sulfonamides is 1. The summed E-state index contributed by atoms with van der Waals surface area (Å²) in [7, 11) is -1.41. The van der Waals surface area contributed by atoms with E-state index in [1.807, 2.05) is 71.2 Å². The molecule has 33 heavy (non-hydrogen) atoms. The van der Waals surface area contributed by atoms with E-state index in [2.05, 4.69) is 10.3 Å². The lowest BCUT2D eigenvalue weighted by Gasteiger charge is -2.39. The molecule has 1 saturated heterocycles. The van der Waals surface area contributed by atoms with E-state index in [1.54, 1.807) is 6.20 Å². The fourth-order valence-corrected chi connectivity index (χ4v) is 5.99. The van der Waals surface area contributed by atoms with Gasteiger partial charge in [-0.2, -0.15) is 0 Å². The van der Waals surface area contributed by atoms with Gasteiger partial charge in [0, 0.05) is 55.7 Å². The SMILES string of the molecule is Cn1ccnc1-c1ccc(NC(=O)N2CCC3(CC2)CN(S(C)(=O)=O)c2ccccc23)cc1. The van der Waals surface area contributed by atoms with E-state index in [-0.39, 0.29) is 11.4 Å². The van der Waals surface area contributed by atoms with E-state index in [9.17, 15) is 13.2 Å². The predicted molar refractivity (Wildman–Crippen MR) is 129 cm³/mol. The highest BCUT2D eigenvalue weighted by Gasteiger charge is 2.47. The molecule has 1 spiro atoms. The smallest absolute Gasteiger partial charge is 0.321 e. The largest absolute Gasteiger partial charge is 0.334 e. The topological polar surface area (TPSA) is 87.5 Å². The molecule has 0 bridgehead atoms. The number of aryl methyl sites for hydroxylation is 1. The standard InChI is InChI=1S/C24H27N5O3S/c1-27-16-13-25-22(27)18-7-9-19(10-8-18)26-23(30)28-14-11-24(12-15-28)17-29(33(2,31)32)21-6-4-3-5-20(21)24/h3-10,13,16H,11-12,14-15,17H2,1-2H3,(H,26,30). The van der Waals surface area contributed by atoms with Crippen molar-refractivity contribution in [2.75, 3.05) is 35.5 Å². The van der Waals surface area contributed by atoms with Crippen molar-refractivity contribution >= 4 is 27.4 Å². The second-order valence-corrected chi connectivity index (χ2v) is 10.8. The highest BCUT2D eigenvalue weighted by Crippen LogP contribution is 2.47. The van der Waals surface area contributed by atoms with Crippen LogP contribution in [0.15, 0.2) is 60.9 Å². The van der Waals surface area contributed by atoms with Crippen molar-refractivity contribution in [2.45, 2.75) is 18.3 Å². The number of hydrogen-bond donors (Lipinski definition) is 1. The Balaban J connectivity index is 1.26. The van der Waals surface area contributed by atoms with Gasteiger partial charge in [0.25, 0.3) is 0 Å². The van der Waals surface area contributed by atoms with Crippen molar-refractivity contribution < 1.29 is 13.2 Å². The van der Waals surface area contributed by atoms with Gasteiger partial charge >= 0.3 is 6.03 Å². The van der Waals surface area contributed by atoms with Gasteiger partial charge in [0.2, 0.25) is 10.0 Å². The molecule has 1 N–H and O–H groups in total. The molecule has 2 aliphatic rings. The third-order valence-corrected chi connectivity index (χ3v) is 7.94. The lowest BCUT2D eigenvalue weighted by atomic mass is 9.74. The van der Waals surface area contributed by atoms with Crippen LogP contribution in [0.4, 0.5) is 16.2 Å². The second kappa shape index (κ2) is 7.91. The number of urea groups is 1. The van der Waals surface area contributed by atoms with Gasteiger partial charge in [0.05, 0.1) is 11.9 Å². The van der Waals surface area contributed by atoms with Crippen LogP contribution in [0.2, 0.25) is 0 Å². The average Bonchev–Trinajstić information content (AvgIpc) is 3.37. The molecule has 2 aliphatic heterocycles. The number of fused-ring (bicyclic) bond motifs is 2. The van der Waals surface area contributed by atoms with Crippen LogP contribution in [0.25, 0.3) is 11.4 Å². The number of carbonyl (C=O) groups is 1. The zero-order valence-electron chi connectivity index (χ0n) is 18.7. The van der Waals surface area contributed by atoms with Crippen LogP contribution in [0.1, 0.15) is 18.4 Å². The van der Waals surface area contributed by atoms with E-state index in [1.165, 1.54) is 10.6 Å². The maximum Gasteiger partial charge on any atom is 0.321 e. The molecule has 5 rings (SSSR count). The number of imidazole rings is 1. The molecule has 2 amide bonds.